The summed E-state index contributed by atoms with van der Waals surface area (Å²) >= 11 is 0. The number of amides is 1. The molecule has 2 N–H and O–H groups in total. The highest BCUT2D eigenvalue weighted by molar-refractivity contribution is 7.92. The fraction of sp³-hybridized carbons (Fsp3) is 0.875. The molecule has 0 bridgehead atoms. The first-order chi connectivity index (χ1) is 6.30. The first-order valence-corrected chi connectivity index (χ1v) is 6.15. The Morgan fingerprint density at radius 1 is 1.50 bits per heavy atom. The van der Waals surface area contributed by atoms with Gasteiger partial charge in [-0.3, -0.25) is 4.79 Å². The zero-order valence-electron chi connectivity index (χ0n) is 8.49. The minimum absolute atomic E-state index is 0.0335. The van der Waals surface area contributed by atoms with Gasteiger partial charge in [-0.2, -0.15) is 0 Å². The molecular weight excluding hydrogens is 204 g/mol. The quantitative estimate of drug-likeness (QED) is 0.613. The Bertz CT molecular complexity index is 334. The lowest BCUT2D eigenvalue weighted by Gasteiger charge is -2.37. The fourth-order valence-corrected chi connectivity index (χ4v) is 2.85. The third kappa shape index (κ3) is 1.90. The lowest BCUT2D eigenvalue weighted by atomic mass is 10.2. The maximum absolute atomic E-state index is 11.6. The van der Waals surface area contributed by atoms with Crippen LogP contribution in [-0.2, 0) is 14.6 Å². The highest BCUT2D eigenvalue weighted by Crippen LogP contribution is 2.23. The van der Waals surface area contributed by atoms with E-state index in [0.29, 0.717) is 0 Å². The summed E-state index contributed by atoms with van der Waals surface area (Å²) in [6, 6.07) is 0. The molecule has 1 fully saturated rings. The number of nitrogens with two attached hydrogens (primary N) is 1. The molecule has 0 radical (unpaired) electrons. The molecule has 1 aliphatic rings. The van der Waals surface area contributed by atoms with Crippen LogP contribution in [0.1, 0.15) is 13.8 Å². The molecule has 1 amide bonds. The van der Waals surface area contributed by atoms with E-state index >= 15 is 0 Å². The van der Waals surface area contributed by atoms with Crippen LogP contribution < -0.4 is 5.73 Å². The fourth-order valence-electron chi connectivity index (χ4n) is 1.49. The number of carbonyl (C=O) groups excluding carboxylic acids is 1. The van der Waals surface area contributed by atoms with Crippen LogP contribution >= 0.6 is 0 Å². The molecule has 1 saturated heterocycles. The van der Waals surface area contributed by atoms with E-state index in [0.717, 1.165) is 0 Å². The monoisotopic (exact) mass is 220 g/mol. The summed E-state index contributed by atoms with van der Waals surface area (Å²) in [5.74, 6) is -0.154. The van der Waals surface area contributed by atoms with Gasteiger partial charge in [-0.05, 0) is 13.8 Å². The molecule has 1 aliphatic heterocycles. The second kappa shape index (κ2) is 3.51. The summed E-state index contributed by atoms with van der Waals surface area (Å²) in [6.07, 6.45) is 0. The van der Waals surface area contributed by atoms with Gasteiger partial charge in [-0.25, -0.2) is 8.42 Å². The lowest BCUT2D eigenvalue weighted by Crippen LogP contribution is -2.55. The van der Waals surface area contributed by atoms with Crippen LogP contribution in [0.4, 0.5) is 0 Å². The van der Waals surface area contributed by atoms with Gasteiger partial charge in [0.1, 0.15) is 0 Å². The van der Waals surface area contributed by atoms with E-state index in [1.807, 2.05) is 0 Å². The van der Waals surface area contributed by atoms with Crippen LogP contribution in [0, 0.1) is 0 Å². The normalized spacial score (nSPS) is 24.6. The van der Waals surface area contributed by atoms with Gasteiger partial charge >= 0.3 is 0 Å². The Morgan fingerprint density at radius 3 is 2.50 bits per heavy atom. The van der Waals surface area contributed by atoms with Crippen molar-refractivity contribution in [2.45, 2.75) is 18.6 Å². The van der Waals surface area contributed by atoms with E-state index in [-0.39, 0.29) is 31.3 Å². The SMILES string of the molecule is CC1(C)CN(C(=O)CN)CCS1(=O)=O. The summed E-state index contributed by atoms with van der Waals surface area (Å²) in [7, 11) is -3.07. The molecular formula is C8H16N2O3S. The van der Waals surface area contributed by atoms with Gasteiger partial charge in [0.2, 0.25) is 5.91 Å². The predicted molar refractivity (Wildman–Crippen MR) is 53.5 cm³/mol. The summed E-state index contributed by atoms with van der Waals surface area (Å²) in [5, 5.41) is 0. The highest BCUT2D eigenvalue weighted by Gasteiger charge is 2.41. The largest absolute Gasteiger partial charge is 0.339 e. The number of rotatable bonds is 1. The topological polar surface area (TPSA) is 80.5 Å². The Kier molecular flexibility index (Phi) is 2.87. The van der Waals surface area contributed by atoms with Crippen molar-refractivity contribution in [3.05, 3.63) is 0 Å². The van der Waals surface area contributed by atoms with E-state index in [1.54, 1.807) is 13.8 Å². The zero-order chi connectivity index (χ0) is 11.0. The first-order valence-electron chi connectivity index (χ1n) is 4.50. The van der Waals surface area contributed by atoms with Gasteiger partial charge in [0.25, 0.3) is 0 Å². The number of hydrogen-bond donors (Lipinski definition) is 1. The Hall–Kier alpha value is -0.620. The van der Waals surface area contributed by atoms with Crippen molar-refractivity contribution in [2.75, 3.05) is 25.4 Å². The standard InChI is InChI=1S/C8H16N2O3S/c1-8(2)6-10(7(11)5-9)3-4-14(8,12)13/h3-6,9H2,1-2H3. The van der Waals surface area contributed by atoms with E-state index in [1.165, 1.54) is 4.90 Å². The minimum Gasteiger partial charge on any atom is -0.339 e. The van der Waals surface area contributed by atoms with Crippen molar-refractivity contribution in [1.29, 1.82) is 0 Å². The third-order valence-corrected chi connectivity index (χ3v) is 5.10. The van der Waals surface area contributed by atoms with E-state index in [4.69, 9.17) is 5.73 Å². The Labute approximate surface area is 84.2 Å². The number of carbonyl (C=O) groups is 1. The number of nitrogens with zero attached hydrogens (tertiary/aromatic N) is 1. The molecule has 14 heavy (non-hydrogen) atoms. The third-order valence-electron chi connectivity index (χ3n) is 2.57. The first kappa shape index (κ1) is 11.5. The van der Waals surface area contributed by atoms with E-state index in [9.17, 15) is 13.2 Å². The van der Waals surface area contributed by atoms with Gasteiger partial charge < -0.3 is 10.6 Å². The number of sulfone groups is 1. The van der Waals surface area contributed by atoms with Crippen LogP contribution in [0.15, 0.2) is 0 Å². The van der Waals surface area contributed by atoms with Crippen molar-refractivity contribution in [1.82, 2.24) is 4.90 Å². The molecule has 5 nitrogen and oxygen atoms in total. The van der Waals surface area contributed by atoms with Crippen molar-refractivity contribution in [2.24, 2.45) is 5.73 Å². The lowest BCUT2D eigenvalue weighted by molar-refractivity contribution is -0.130. The van der Waals surface area contributed by atoms with Gasteiger partial charge in [-0.15, -0.1) is 0 Å². The molecule has 0 aliphatic carbocycles. The van der Waals surface area contributed by atoms with Gasteiger partial charge in [0.15, 0.2) is 9.84 Å². The van der Waals surface area contributed by atoms with Crippen LogP contribution in [0.25, 0.3) is 0 Å². The molecule has 0 spiro atoms. The summed E-state index contributed by atoms with van der Waals surface area (Å²) in [4.78, 5) is 12.8. The predicted octanol–water partition coefficient (Wildman–Crippen LogP) is -1.02. The Balaban J connectivity index is 2.83. The van der Waals surface area contributed by atoms with Crippen LogP contribution in [-0.4, -0.2) is 49.4 Å². The van der Waals surface area contributed by atoms with Crippen LogP contribution in [0.2, 0.25) is 0 Å². The maximum atomic E-state index is 11.6. The molecule has 0 aromatic rings. The van der Waals surface area contributed by atoms with E-state index < -0.39 is 14.6 Å². The smallest absolute Gasteiger partial charge is 0.236 e. The highest BCUT2D eigenvalue weighted by atomic mass is 32.2. The maximum Gasteiger partial charge on any atom is 0.236 e. The van der Waals surface area contributed by atoms with Crippen molar-refractivity contribution < 1.29 is 13.2 Å². The molecule has 82 valence electrons. The minimum atomic E-state index is -3.07. The molecule has 6 heteroatoms. The van der Waals surface area contributed by atoms with Crippen molar-refractivity contribution >= 4 is 15.7 Å². The molecule has 1 rings (SSSR count). The van der Waals surface area contributed by atoms with Crippen LogP contribution in [0.5, 0.6) is 0 Å². The van der Waals surface area contributed by atoms with Gasteiger partial charge in [0, 0.05) is 13.1 Å². The van der Waals surface area contributed by atoms with E-state index in [2.05, 4.69) is 0 Å². The summed E-state index contributed by atoms with van der Waals surface area (Å²) in [5.41, 5.74) is 5.22. The molecule has 0 aromatic carbocycles. The summed E-state index contributed by atoms with van der Waals surface area (Å²) in [6.45, 7) is 3.72. The second-order valence-corrected chi connectivity index (χ2v) is 6.84. The van der Waals surface area contributed by atoms with Crippen molar-refractivity contribution in [3.8, 4) is 0 Å². The van der Waals surface area contributed by atoms with Gasteiger partial charge in [-0.1, -0.05) is 0 Å². The molecule has 0 aromatic heterocycles. The molecule has 0 atom stereocenters. The second-order valence-electron chi connectivity index (χ2n) is 4.10. The average molecular weight is 220 g/mol. The van der Waals surface area contributed by atoms with Crippen molar-refractivity contribution in [3.63, 3.8) is 0 Å². The Morgan fingerprint density at radius 2 is 2.07 bits per heavy atom. The van der Waals surface area contributed by atoms with Gasteiger partial charge in [0.05, 0.1) is 17.0 Å². The molecule has 0 saturated carbocycles. The average Bonchev–Trinajstić information content (AvgIpc) is 2.08. The van der Waals surface area contributed by atoms with Crippen LogP contribution in [0.3, 0.4) is 0 Å². The molecule has 0 unspecified atom stereocenters. The number of hydrogen-bond acceptors (Lipinski definition) is 4. The molecule has 1 heterocycles. The summed E-state index contributed by atoms with van der Waals surface area (Å²) < 4.78 is 22.3. The zero-order valence-corrected chi connectivity index (χ0v) is 9.30.